The van der Waals surface area contributed by atoms with Crippen LogP contribution < -0.4 is 15.5 Å². The van der Waals surface area contributed by atoms with Gasteiger partial charge in [-0.1, -0.05) is 0 Å². The van der Waals surface area contributed by atoms with E-state index in [2.05, 4.69) is 26.6 Å². The summed E-state index contributed by atoms with van der Waals surface area (Å²) in [7, 11) is 0. The van der Waals surface area contributed by atoms with Gasteiger partial charge in [0.05, 0.1) is 23.7 Å². The number of ether oxygens (including phenoxy) is 1. The maximum atomic E-state index is 13.0. The van der Waals surface area contributed by atoms with Crippen LogP contribution in [0.2, 0.25) is 0 Å². The van der Waals surface area contributed by atoms with Gasteiger partial charge in [0.15, 0.2) is 6.10 Å². The molecule has 0 aliphatic carbocycles. The van der Waals surface area contributed by atoms with Crippen LogP contribution in [0.5, 0.6) is 0 Å². The van der Waals surface area contributed by atoms with Crippen molar-refractivity contribution in [3.8, 4) is 6.07 Å². The number of carbonyl (C=O) groups excluding carboxylic acids is 1. The minimum atomic E-state index is -0.511. The Bertz CT molecular complexity index is 991. The molecule has 4 atom stereocenters. The van der Waals surface area contributed by atoms with E-state index in [4.69, 9.17) is 4.74 Å². The number of fused-ring (bicyclic) bond motifs is 3. The van der Waals surface area contributed by atoms with E-state index >= 15 is 0 Å². The van der Waals surface area contributed by atoms with Gasteiger partial charge in [-0.05, 0) is 56.9 Å². The lowest BCUT2D eigenvalue weighted by Gasteiger charge is -2.39. The molecule has 0 saturated carbocycles. The molecule has 3 aliphatic heterocycles. The van der Waals surface area contributed by atoms with E-state index in [9.17, 15) is 10.1 Å². The van der Waals surface area contributed by atoms with E-state index in [0.717, 1.165) is 23.9 Å². The van der Waals surface area contributed by atoms with Gasteiger partial charge in [0.2, 0.25) is 0 Å². The fourth-order valence-electron chi connectivity index (χ4n) is 5.29. The Balaban J connectivity index is 1.35. The number of pyridine rings is 1. The Hall–Kier alpha value is -2.69. The summed E-state index contributed by atoms with van der Waals surface area (Å²) in [5.74, 6) is -0.0195. The first kappa shape index (κ1) is 19.3. The predicted molar refractivity (Wildman–Crippen MR) is 114 cm³/mol. The Morgan fingerprint density at radius 1 is 1.27 bits per heavy atom. The van der Waals surface area contributed by atoms with Crippen molar-refractivity contribution >= 4 is 22.5 Å². The minimum absolute atomic E-state index is 0.0195. The molecule has 3 fully saturated rings. The summed E-state index contributed by atoms with van der Waals surface area (Å²) in [5.41, 5.74) is 2.25. The first-order valence-corrected chi connectivity index (χ1v) is 10.9. The first-order chi connectivity index (χ1) is 14.6. The lowest BCUT2D eigenvalue weighted by atomic mass is 9.99. The number of piperidine rings is 1. The summed E-state index contributed by atoms with van der Waals surface area (Å²) in [6, 6.07) is 11.2. The smallest absolute Gasteiger partial charge is 0.251 e. The number of rotatable bonds is 3. The van der Waals surface area contributed by atoms with Gasteiger partial charge in [-0.15, -0.1) is 0 Å². The van der Waals surface area contributed by atoms with Crippen molar-refractivity contribution in [2.24, 2.45) is 0 Å². The molecule has 5 rings (SSSR count). The van der Waals surface area contributed by atoms with Crippen LogP contribution in [-0.4, -0.2) is 54.3 Å². The van der Waals surface area contributed by atoms with Gasteiger partial charge in [-0.3, -0.25) is 9.78 Å². The fourth-order valence-corrected chi connectivity index (χ4v) is 5.29. The average Bonchev–Trinajstić information content (AvgIpc) is 3.10. The van der Waals surface area contributed by atoms with Crippen molar-refractivity contribution in [1.29, 1.82) is 5.26 Å². The molecule has 2 bridgehead atoms. The van der Waals surface area contributed by atoms with Crippen LogP contribution in [0.3, 0.4) is 0 Å². The van der Waals surface area contributed by atoms with Crippen molar-refractivity contribution in [3.05, 3.63) is 36.0 Å². The fraction of sp³-hybridized carbons (Fsp3) is 0.522. The standard InChI is InChI=1S/C23H27N5O2/c1-14-12-28(20-7-4-15(11-24)22-19(20)3-2-8-25-22)13-21(30-14)23(29)27-18-9-16-5-6-17(10-18)26-16/h2-4,7-8,14,16-18,21,26H,5-6,9-10,12-13H2,1H3,(H,27,29). The van der Waals surface area contributed by atoms with Crippen LogP contribution in [0.25, 0.3) is 10.9 Å². The molecule has 0 radical (unpaired) electrons. The molecule has 1 aromatic carbocycles. The van der Waals surface area contributed by atoms with Crippen molar-refractivity contribution in [2.45, 2.75) is 62.9 Å². The van der Waals surface area contributed by atoms with Gasteiger partial charge < -0.3 is 20.3 Å². The van der Waals surface area contributed by atoms with Gasteiger partial charge in [-0.2, -0.15) is 5.26 Å². The number of nitrogens with zero attached hydrogens (tertiary/aromatic N) is 3. The molecule has 2 N–H and O–H groups in total. The zero-order valence-electron chi connectivity index (χ0n) is 17.2. The van der Waals surface area contributed by atoms with E-state index in [0.29, 0.717) is 36.3 Å². The number of anilines is 1. The Morgan fingerprint density at radius 2 is 2.07 bits per heavy atom. The lowest BCUT2D eigenvalue weighted by Crippen LogP contribution is -2.56. The first-order valence-electron chi connectivity index (χ1n) is 10.9. The molecule has 1 aromatic heterocycles. The van der Waals surface area contributed by atoms with Crippen LogP contribution in [0.4, 0.5) is 5.69 Å². The van der Waals surface area contributed by atoms with Gasteiger partial charge in [-0.25, -0.2) is 0 Å². The number of amides is 1. The highest BCUT2D eigenvalue weighted by molar-refractivity contribution is 5.95. The largest absolute Gasteiger partial charge is 0.365 e. The number of morpholine rings is 1. The molecule has 4 heterocycles. The summed E-state index contributed by atoms with van der Waals surface area (Å²) in [4.78, 5) is 19.7. The molecular formula is C23H27N5O2. The molecule has 1 amide bonds. The quantitative estimate of drug-likeness (QED) is 0.813. The van der Waals surface area contributed by atoms with Gasteiger partial charge in [0.25, 0.3) is 5.91 Å². The Morgan fingerprint density at radius 3 is 2.83 bits per heavy atom. The maximum Gasteiger partial charge on any atom is 0.251 e. The molecular weight excluding hydrogens is 378 g/mol. The monoisotopic (exact) mass is 405 g/mol. The van der Waals surface area contributed by atoms with Crippen molar-refractivity contribution < 1.29 is 9.53 Å². The molecule has 3 aliphatic rings. The van der Waals surface area contributed by atoms with Gasteiger partial charge in [0, 0.05) is 41.9 Å². The highest BCUT2D eigenvalue weighted by atomic mass is 16.5. The minimum Gasteiger partial charge on any atom is -0.365 e. The van der Waals surface area contributed by atoms with Crippen molar-refractivity contribution in [2.75, 3.05) is 18.0 Å². The third kappa shape index (κ3) is 3.62. The van der Waals surface area contributed by atoms with E-state index in [1.54, 1.807) is 6.20 Å². The van der Waals surface area contributed by atoms with Crippen LogP contribution in [0.1, 0.15) is 38.2 Å². The Labute approximate surface area is 176 Å². The second-order valence-corrected chi connectivity index (χ2v) is 8.80. The number of carbonyl (C=O) groups is 1. The highest BCUT2D eigenvalue weighted by Crippen LogP contribution is 2.31. The topological polar surface area (TPSA) is 90.3 Å². The third-order valence-electron chi connectivity index (χ3n) is 6.58. The SMILES string of the molecule is CC1CN(c2ccc(C#N)c3ncccc23)CC(C(=O)NC2CC3CCC(C2)N3)O1. The molecule has 156 valence electrons. The summed E-state index contributed by atoms with van der Waals surface area (Å²) < 4.78 is 6.03. The zero-order chi connectivity index (χ0) is 20.7. The van der Waals surface area contributed by atoms with Gasteiger partial charge >= 0.3 is 0 Å². The highest BCUT2D eigenvalue weighted by Gasteiger charge is 2.37. The Kier molecular flexibility index (Phi) is 5.05. The summed E-state index contributed by atoms with van der Waals surface area (Å²) in [6.07, 6.45) is 5.55. The van der Waals surface area contributed by atoms with E-state index in [1.807, 2.05) is 31.2 Å². The number of nitrogens with one attached hydrogen (secondary N) is 2. The second kappa shape index (κ2) is 7.86. The molecule has 7 heteroatoms. The number of hydrogen-bond donors (Lipinski definition) is 2. The molecule has 2 aromatic rings. The summed E-state index contributed by atoms with van der Waals surface area (Å²) in [5, 5.41) is 17.2. The molecule has 0 spiro atoms. The molecule has 7 nitrogen and oxygen atoms in total. The van der Waals surface area contributed by atoms with Gasteiger partial charge in [0.1, 0.15) is 6.07 Å². The van der Waals surface area contributed by atoms with Crippen LogP contribution in [-0.2, 0) is 9.53 Å². The number of hydrogen-bond acceptors (Lipinski definition) is 6. The third-order valence-corrected chi connectivity index (χ3v) is 6.58. The predicted octanol–water partition coefficient (Wildman–Crippen LogP) is 2.10. The van der Waals surface area contributed by atoms with Crippen molar-refractivity contribution in [1.82, 2.24) is 15.6 Å². The normalized spacial score (nSPS) is 30.8. The summed E-state index contributed by atoms with van der Waals surface area (Å²) >= 11 is 0. The number of aromatic nitrogens is 1. The molecule has 30 heavy (non-hydrogen) atoms. The van der Waals surface area contributed by atoms with E-state index in [1.165, 1.54) is 12.8 Å². The van der Waals surface area contributed by atoms with Crippen molar-refractivity contribution in [3.63, 3.8) is 0 Å². The second-order valence-electron chi connectivity index (χ2n) is 8.80. The number of benzene rings is 1. The molecule has 3 saturated heterocycles. The van der Waals surface area contributed by atoms with Crippen LogP contribution in [0.15, 0.2) is 30.5 Å². The summed E-state index contributed by atoms with van der Waals surface area (Å²) in [6.45, 7) is 3.18. The average molecular weight is 406 g/mol. The lowest BCUT2D eigenvalue weighted by molar-refractivity contribution is -0.138. The van der Waals surface area contributed by atoms with Crippen LogP contribution in [0, 0.1) is 11.3 Å². The molecule has 4 unspecified atom stereocenters. The van der Waals surface area contributed by atoms with Crippen LogP contribution >= 0.6 is 0 Å². The number of nitriles is 1. The maximum absolute atomic E-state index is 13.0. The van der Waals surface area contributed by atoms with E-state index in [-0.39, 0.29) is 18.1 Å². The van der Waals surface area contributed by atoms with E-state index < -0.39 is 6.10 Å². The zero-order valence-corrected chi connectivity index (χ0v) is 17.2.